The number of hydrogen-bond acceptors (Lipinski definition) is 3. The van der Waals surface area contributed by atoms with Crippen molar-refractivity contribution in [3.63, 3.8) is 0 Å². The van der Waals surface area contributed by atoms with E-state index in [0.717, 1.165) is 18.7 Å². The molecule has 0 atom stereocenters. The Bertz CT molecular complexity index is 622. The van der Waals surface area contributed by atoms with E-state index in [1.54, 1.807) is 0 Å². The van der Waals surface area contributed by atoms with Crippen molar-refractivity contribution in [2.75, 3.05) is 39.8 Å². The zero-order valence-electron chi connectivity index (χ0n) is 14.1. The van der Waals surface area contributed by atoms with Crippen molar-refractivity contribution in [3.05, 3.63) is 34.9 Å². The highest BCUT2D eigenvalue weighted by Crippen LogP contribution is 2.47. The SMILES string of the molecule is CN1CCN(C(=O)C2(C(=O)NCCc3cccc(Cl)c3)CC2)CC1. The third kappa shape index (κ3) is 3.73. The summed E-state index contributed by atoms with van der Waals surface area (Å²) in [7, 11) is 2.05. The molecular formula is C18H24ClN3O2. The summed E-state index contributed by atoms with van der Waals surface area (Å²) in [5.74, 6) is -0.107. The Morgan fingerprint density at radius 3 is 2.54 bits per heavy atom. The topological polar surface area (TPSA) is 52.7 Å². The standard InChI is InChI=1S/C18H24ClN3O2/c1-21-9-11-22(12-10-21)17(24)18(6-7-18)16(23)20-8-5-14-3-2-4-15(19)13-14/h2-4,13H,5-12H2,1H3,(H,20,23). The highest BCUT2D eigenvalue weighted by atomic mass is 35.5. The van der Waals surface area contributed by atoms with Gasteiger partial charge in [0, 0.05) is 37.7 Å². The molecule has 1 aliphatic heterocycles. The van der Waals surface area contributed by atoms with Crippen molar-refractivity contribution in [1.29, 1.82) is 0 Å². The van der Waals surface area contributed by atoms with Crippen molar-refractivity contribution in [2.45, 2.75) is 19.3 Å². The Kier molecular flexibility index (Phi) is 5.11. The number of nitrogens with zero attached hydrogens (tertiary/aromatic N) is 2. The van der Waals surface area contributed by atoms with Gasteiger partial charge in [0.2, 0.25) is 11.8 Å². The molecule has 0 unspecified atom stereocenters. The van der Waals surface area contributed by atoms with Crippen LogP contribution >= 0.6 is 11.6 Å². The van der Waals surface area contributed by atoms with Crippen LogP contribution in [0.3, 0.4) is 0 Å². The molecule has 0 aromatic heterocycles. The predicted octanol–water partition coefficient (Wildman–Crippen LogP) is 1.55. The number of hydrogen-bond donors (Lipinski definition) is 1. The summed E-state index contributed by atoms with van der Waals surface area (Å²) in [4.78, 5) is 29.3. The van der Waals surface area contributed by atoms with Crippen LogP contribution in [0.25, 0.3) is 0 Å². The Balaban J connectivity index is 1.51. The molecule has 2 amide bonds. The lowest BCUT2D eigenvalue weighted by molar-refractivity contribution is -0.145. The summed E-state index contributed by atoms with van der Waals surface area (Å²) in [6, 6.07) is 7.62. The number of nitrogens with one attached hydrogen (secondary N) is 1. The molecule has 1 aliphatic carbocycles. The minimum absolute atomic E-state index is 0.0101. The third-order valence-electron chi connectivity index (χ3n) is 4.97. The van der Waals surface area contributed by atoms with Crippen LogP contribution in [0, 0.1) is 5.41 Å². The van der Waals surface area contributed by atoms with E-state index in [-0.39, 0.29) is 11.8 Å². The minimum atomic E-state index is -0.801. The maximum atomic E-state index is 12.7. The molecule has 1 aromatic carbocycles. The number of piperazine rings is 1. The van der Waals surface area contributed by atoms with Gasteiger partial charge in [-0.3, -0.25) is 9.59 Å². The first kappa shape index (κ1) is 17.2. The predicted molar refractivity (Wildman–Crippen MR) is 93.9 cm³/mol. The molecule has 1 N–H and O–H groups in total. The van der Waals surface area contributed by atoms with Crippen LogP contribution in [0.15, 0.2) is 24.3 Å². The molecule has 0 spiro atoms. The van der Waals surface area contributed by atoms with E-state index < -0.39 is 5.41 Å². The van der Waals surface area contributed by atoms with Gasteiger partial charge in [0.05, 0.1) is 0 Å². The van der Waals surface area contributed by atoms with Crippen LogP contribution in [0.2, 0.25) is 5.02 Å². The van der Waals surface area contributed by atoms with E-state index >= 15 is 0 Å². The van der Waals surface area contributed by atoms with Crippen LogP contribution < -0.4 is 5.32 Å². The van der Waals surface area contributed by atoms with Gasteiger partial charge >= 0.3 is 0 Å². The molecule has 24 heavy (non-hydrogen) atoms. The van der Waals surface area contributed by atoms with Crippen molar-refractivity contribution in [1.82, 2.24) is 15.1 Å². The van der Waals surface area contributed by atoms with Gasteiger partial charge < -0.3 is 15.1 Å². The number of rotatable bonds is 5. The maximum Gasteiger partial charge on any atom is 0.238 e. The first-order valence-corrected chi connectivity index (χ1v) is 8.90. The fourth-order valence-electron chi connectivity index (χ4n) is 3.16. The first-order chi connectivity index (χ1) is 11.5. The molecule has 1 saturated heterocycles. The van der Waals surface area contributed by atoms with Gasteiger partial charge in [0.25, 0.3) is 0 Å². The summed E-state index contributed by atoms with van der Waals surface area (Å²) >= 11 is 5.97. The molecule has 0 bridgehead atoms. The molecule has 0 radical (unpaired) electrons. The summed E-state index contributed by atoms with van der Waals surface area (Å²) < 4.78 is 0. The Hall–Kier alpha value is -1.59. The van der Waals surface area contributed by atoms with Crippen molar-refractivity contribution in [3.8, 4) is 0 Å². The molecule has 5 nitrogen and oxygen atoms in total. The van der Waals surface area contributed by atoms with Crippen molar-refractivity contribution < 1.29 is 9.59 Å². The fourth-order valence-corrected chi connectivity index (χ4v) is 3.37. The number of likely N-dealkylation sites (N-methyl/N-ethyl adjacent to an activating group) is 1. The lowest BCUT2D eigenvalue weighted by Crippen LogP contribution is -2.52. The normalized spacial score (nSPS) is 19.8. The molecule has 6 heteroatoms. The smallest absolute Gasteiger partial charge is 0.238 e. The van der Waals surface area contributed by atoms with Gasteiger partial charge in [0.1, 0.15) is 5.41 Å². The van der Waals surface area contributed by atoms with Crippen LogP contribution in [0.4, 0.5) is 0 Å². The molecule has 1 saturated carbocycles. The lowest BCUT2D eigenvalue weighted by atomic mass is 10.0. The van der Waals surface area contributed by atoms with Crippen LogP contribution in [-0.2, 0) is 16.0 Å². The maximum absolute atomic E-state index is 12.7. The third-order valence-corrected chi connectivity index (χ3v) is 5.21. The minimum Gasteiger partial charge on any atom is -0.355 e. The van der Waals surface area contributed by atoms with Gasteiger partial charge in [-0.2, -0.15) is 0 Å². The number of amides is 2. The van der Waals surface area contributed by atoms with Crippen molar-refractivity contribution >= 4 is 23.4 Å². The fraction of sp³-hybridized carbons (Fsp3) is 0.556. The largest absolute Gasteiger partial charge is 0.355 e. The summed E-state index contributed by atoms with van der Waals surface area (Å²) in [6.45, 7) is 3.70. The molecule has 1 aromatic rings. The molecule has 1 heterocycles. The summed E-state index contributed by atoms with van der Waals surface area (Å²) in [5, 5.41) is 3.64. The highest BCUT2D eigenvalue weighted by molar-refractivity contribution is 6.30. The zero-order valence-corrected chi connectivity index (χ0v) is 14.8. The number of halogens is 1. The van der Waals surface area contributed by atoms with E-state index in [2.05, 4.69) is 17.3 Å². The van der Waals surface area contributed by atoms with Crippen LogP contribution in [0.1, 0.15) is 18.4 Å². The number of carbonyl (C=O) groups excluding carboxylic acids is 2. The molecule has 2 aliphatic rings. The van der Waals surface area contributed by atoms with Gasteiger partial charge in [-0.05, 0) is 44.0 Å². The van der Waals surface area contributed by atoms with E-state index in [0.29, 0.717) is 43.9 Å². The monoisotopic (exact) mass is 349 g/mol. The second-order valence-electron chi connectivity index (χ2n) is 6.81. The van der Waals surface area contributed by atoms with Gasteiger partial charge in [0.15, 0.2) is 0 Å². The first-order valence-electron chi connectivity index (χ1n) is 8.52. The van der Waals surface area contributed by atoms with Gasteiger partial charge in [-0.1, -0.05) is 23.7 Å². The quantitative estimate of drug-likeness (QED) is 0.821. The number of benzene rings is 1. The van der Waals surface area contributed by atoms with Gasteiger partial charge in [-0.15, -0.1) is 0 Å². The molecule has 2 fully saturated rings. The molecular weight excluding hydrogens is 326 g/mol. The second kappa shape index (κ2) is 7.11. The number of carbonyl (C=O) groups is 2. The van der Waals surface area contributed by atoms with E-state index in [1.165, 1.54) is 0 Å². The summed E-state index contributed by atoms with van der Waals surface area (Å²) in [5.41, 5.74) is 0.280. The average molecular weight is 350 g/mol. The Morgan fingerprint density at radius 2 is 1.92 bits per heavy atom. The second-order valence-corrected chi connectivity index (χ2v) is 7.25. The van der Waals surface area contributed by atoms with E-state index in [1.807, 2.05) is 29.2 Å². The zero-order chi connectivity index (χ0) is 17.2. The van der Waals surface area contributed by atoms with Crippen LogP contribution in [0.5, 0.6) is 0 Å². The molecule has 130 valence electrons. The van der Waals surface area contributed by atoms with Crippen molar-refractivity contribution in [2.24, 2.45) is 5.41 Å². The Morgan fingerprint density at radius 1 is 1.21 bits per heavy atom. The van der Waals surface area contributed by atoms with E-state index in [4.69, 9.17) is 11.6 Å². The molecule has 3 rings (SSSR count). The Labute approximate surface area is 147 Å². The summed E-state index contributed by atoms with van der Waals surface area (Å²) in [6.07, 6.45) is 2.05. The highest BCUT2D eigenvalue weighted by Gasteiger charge is 2.57. The van der Waals surface area contributed by atoms with E-state index in [9.17, 15) is 9.59 Å². The average Bonchev–Trinajstić information content (AvgIpc) is 3.37. The van der Waals surface area contributed by atoms with Gasteiger partial charge in [-0.25, -0.2) is 0 Å². The van der Waals surface area contributed by atoms with Crippen LogP contribution in [-0.4, -0.2) is 61.4 Å². The lowest BCUT2D eigenvalue weighted by Gasteiger charge is -2.34.